The molecule has 2 aliphatic rings. The Hall–Kier alpha value is -1.20. The van der Waals surface area contributed by atoms with E-state index < -0.39 is 5.60 Å². The Kier molecular flexibility index (Phi) is 7.26. The smallest absolute Gasteiger partial charge is 0.302 e. The van der Waals surface area contributed by atoms with Gasteiger partial charge in [-0.3, -0.25) is 9.59 Å². The van der Waals surface area contributed by atoms with Crippen molar-refractivity contribution >= 4 is 11.8 Å². The molecule has 2 fully saturated rings. The van der Waals surface area contributed by atoms with Gasteiger partial charge in [0.15, 0.2) is 0 Å². The number of fused-ring (bicyclic) bond motifs is 1. The molecular weight excluding hydrogens is 344 g/mol. The summed E-state index contributed by atoms with van der Waals surface area (Å²) in [6.45, 7) is 13.8. The minimum atomic E-state index is -1.04. The van der Waals surface area contributed by atoms with Gasteiger partial charge in [0.2, 0.25) is 0 Å². The Labute approximate surface area is 163 Å². The molecule has 0 aromatic heterocycles. The van der Waals surface area contributed by atoms with Crippen molar-refractivity contribution in [2.75, 3.05) is 6.61 Å². The maximum absolute atomic E-state index is 11.8. The third-order valence-corrected chi connectivity index (χ3v) is 6.34. The second-order valence-electron chi connectivity index (χ2n) is 9.01. The first-order valence-electron chi connectivity index (χ1n) is 10.2. The Morgan fingerprint density at radius 1 is 1.37 bits per heavy atom. The number of hydrogen-bond donors (Lipinski definition) is 1. The predicted molar refractivity (Wildman–Crippen MR) is 104 cm³/mol. The number of Topliss-reactive ketones (excluding diaryl/α,β-unsaturated/α-hetero) is 1. The summed E-state index contributed by atoms with van der Waals surface area (Å²) < 4.78 is 11.4. The first-order valence-corrected chi connectivity index (χ1v) is 10.2. The van der Waals surface area contributed by atoms with E-state index in [9.17, 15) is 14.7 Å². The molecule has 0 unspecified atom stereocenters. The van der Waals surface area contributed by atoms with Gasteiger partial charge in [0, 0.05) is 19.3 Å². The highest BCUT2D eigenvalue weighted by Gasteiger charge is 2.56. The van der Waals surface area contributed by atoms with Crippen LogP contribution < -0.4 is 0 Å². The second-order valence-corrected chi connectivity index (χ2v) is 9.01. The largest absolute Gasteiger partial charge is 0.466 e. The molecule has 2 rings (SSSR count). The zero-order chi connectivity index (χ0) is 20.4. The molecule has 5 nitrogen and oxygen atoms in total. The third-order valence-electron chi connectivity index (χ3n) is 6.34. The molecule has 0 aromatic rings. The minimum Gasteiger partial charge on any atom is -0.466 e. The maximum Gasteiger partial charge on any atom is 0.302 e. The van der Waals surface area contributed by atoms with Crippen molar-refractivity contribution in [2.24, 2.45) is 23.7 Å². The summed E-state index contributed by atoms with van der Waals surface area (Å²) >= 11 is 0. The Balaban J connectivity index is 2.22. The molecule has 0 spiro atoms. The molecule has 1 saturated carbocycles. The van der Waals surface area contributed by atoms with Crippen LogP contribution in [0.3, 0.4) is 0 Å². The van der Waals surface area contributed by atoms with E-state index in [1.807, 2.05) is 6.92 Å². The average molecular weight is 381 g/mol. The molecule has 154 valence electrons. The molecule has 0 amide bonds. The molecule has 0 bridgehead atoms. The fraction of sp³-hybridized carbons (Fsp3) is 0.818. The van der Waals surface area contributed by atoms with Gasteiger partial charge >= 0.3 is 5.97 Å². The van der Waals surface area contributed by atoms with Crippen molar-refractivity contribution in [2.45, 2.75) is 84.5 Å². The molecule has 0 radical (unpaired) electrons. The van der Waals surface area contributed by atoms with Crippen LogP contribution in [0.5, 0.6) is 0 Å². The lowest BCUT2D eigenvalue weighted by Crippen LogP contribution is -2.48. The highest BCUT2D eigenvalue weighted by atomic mass is 16.5. The molecule has 5 heteroatoms. The van der Waals surface area contributed by atoms with Crippen LogP contribution in [0, 0.1) is 23.7 Å². The summed E-state index contributed by atoms with van der Waals surface area (Å²) in [5.74, 6) is 0.997. The number of hydrogen-bond acceptors (Lipinski definition) is 5. The lowest BCUT2D eigenvalue weighted by atomic mass is 9.61. The summed E-state index contributed by atoms with van der Waals surface area (Å²) in [5, 5.41) is 11.3. The number of ether oxygens (including phenoxy) is 2. The van der Waals surface area contributed by atoms with E-state index in [-0.39, 0.29) is 35.8 Å². The molecule has 1 aliphatic heterocycles. The van der Waals surface area contributed by atoms with Crippen LogP contribution >= 0.6 is 0 Å². The van der Waals surface area contributed by atoms with E-state index in [4.69, 9.17) is 9.47 Å². The topological polar surface area (TPSA) is 72.8 Å². The molecule has 1 saturated heterocycles. The van der Waals surface area contributed by atoms with Gasteiger partial charge in [0.25, 0.3) is 0 Å². The normalized spacial score (nSPS) is 32.9. The number of carbonyl (C=O) groups is 2. The van der Waals surface area contributed by atoms with E-state index in [1.165, 1.54) is 6.92 Å². The first-order chi connectivity index (χ1) is 12.5. The highest BCUT2D eigenvalue weighted by molar-refractivity contribution is 5.76. The number of aliphatic hydroxyl groups is 1. The lowest BCUT2D eigenvalue weighted by molar-refractivity contribution is -0.143. The van der Waals surface area contributed by atoms with Gasteiger partial charge in [-0.05, 0) is 57.3 Å². The summed E-state index contributed by atoms with van der Waals surface area (Å²) in [4.78, 5) is 22.8. The quantitative estimate of drug-likeness (QED) is 0.395. The Bertz CT molecular complexity index is 565. The van der Waals surface area contributed by atoms with Crippen LogP contribution in [0.4, 0.5) is 0 Å². The zero-order valence-electron chi connectivity index (χ0n) is 17.5. The summed E-state index contributed by atoms with van der Waals surface area (Å²) in [6.07, 6.45) is 2.90. The Morgan fingerprint density at radius 3 is 2.59 bits per heavy atom. The number of esters is 1. The van der Waals surface area contributed by atoms with Gasteiger partial charge in [0.05, 0.1) is 24.4 Å². The molecule has 1 aliphatic carbocycles. The second kappa shape index (κ2) is 8.87. The van der Waals surface area contributed by atoms with Crippen LogP contribution in [0.15, 0.2) is 12.2 Å². The lowest BCUT2D eigenvalue weighted by Gasteiger charge is -2.43. The van der Waals surface area contributed by atoms with Gasteiger partial charge in [0.1, 0.15) is 5.78 Å². The summed E-state index contributed by atoms with van der Waals surface area (Å²) in [6, 6.07) is 0. The van der Waals surface area contributed by atoms with Crippen LogP contribution in [-0.4, -0.2) is 41.3 Å². The molecule has 0 aromatic carbocycles. The van der Waals surface area contributed by atoms with Crippen LogP contribution in [0.25, 0.3) is 0 Å². The van der Waals surface area contributed by atoms with Crippen molar-refractivity contribution in [3.8, 4) is 0 Å². The van der Waals surface area contributed by atoms with E-state index in [1.54, 1.807) is 6.92 Å². The monoisotopic (exact) mass is 380 g/mol. The van der Waals surface area contributed by atoms with E-state index in [2.05, 4.69) is 20.4 Å². The van der Waals surface area contributed by atoms with Crippen molar-refractivity contribution < 1.29 is 24.2 Å². The number of carbonyl (C=O) groups excluding carboxylic acids is 2. The van der Waals surface area contributed by atoms with Gasteiger partial charge in [-0.1, -0.05) is 26.0 Å². The maximum atomic E-state index is 11.8. The van der Waals surface area contributed by atoms with Gasteiger partial charge in [-0.25, -0.2) is 0 Å². The third kappa shape index (κ3) is 5.20. The first kappa shape index (κ1) is 22.1. The summed E-state index contributed by atoms with van der Waals surface area (Å²) in [7, 11) is 0. The van der Waals surface area contributed by atoms with E-state index in [0.717, 1.165) is 18.4 Å². The fourth-order valence-corrected chi connectivity index (χ4v) is 5.12. The Morgan fingerprint density at radius 2 is 2.04 bits per heavy atom. The van der Waals surface area contributed by atoms with E-state index in [0.29, 0.717) is 37.7 Å². The number of rotatable bonds is 8. The van der Waals surface area contributed by atoms with Crippen molar-refractivity contribution in [3.63, 3.8) is 0 Å². The summed E-state index contributed by atoms with van der Waals surface area (Å²) in [5.41, 5.74) is 0.112. The van der Waals surface area contributed by atoms with Crippen molar-refractivity contribution in [3.05, 3.63) is 12.2 Å². The van der Waals surface area contributed by atoms with Crippen LogP contribution in [0.2, 0.25) is 0 Å². The molecular formula is C22H36O5. The van der Waals surface area contributed by atoms with Gasteiger partial charge in [-0.15, -0.1) is 0 Å². The predicted octanol–water partition coefficient (Wildman–Crippen LogP) is 3.68. The van der Waals surface area contributed by atoms with Crippen LogP contribution in [-0.2, 0) is 19.1 Å². The average Bonchev–Trinajstić information content (AvgIpc) is 2.92. The van der Waals surface area contributed by atoms with Gasteiger partial charge in [-0.2, -0.15) is 0 Å². The van der Waals surface area contributed by atoms with E-state index >= 15 is 0 Å². The van der Waals surface area contributed by atoms with Gasteiger partial charge < -0.3 is 14.6 Å². The fourth-order valence-electron chi connectivity index (χ4n) is 5.12. The van der Waals surface area contributed by atoms with Crippen molar-refractivity contribution in [1.29, 1.82) is 0 Å². The number of ketones is 1. The van der Waals surface area contributed by atoms with Crippen LogP contribution in [0.1, 0.15) is 66.7 Å². The molecule has 1 heterocycles. The zero-order valence-corrected chi connectivity index (χ0v) is 17.5. The molecule has 27 heavy (non-hydrogen) atoms. The van der Waals surface area contributed by atoms with Crippen molar-refractivity contribution in [1.82, 2.24) is 0 Å². The minimum absolute atomic E-state index is 0.105. The standard InChI is InChI=1S/C22H36O5/c1-13(2)17-9-8-14(3)19-18(12-15(4)23)27-21(20(17)19)22(6,25)10-7-11-26-16(5)24/h13,17-21,25H,3,7-12H2,1-2,4-6H3/t17-,18-,19-,20-,21-,22-/m1/s1. The highest BCUT2D eigenvalue weighted by Crippen LogP contribution is 2.53. The molecule has 6 atom stereocenters. The molecule has 1 N–H and O–H groups in total. The SMILES string of the molecule is C=C1CC[C@H](C(C)C)[C@@H]2[C@H]1[C@@H](CC(C)=O)O[C@H]2[C@](C)(O)CCCOC(C)=O.